The van der Waals surface area contributed by atoms with E-state index >= 15 is 4.39 Å². The van der Waals surface area contributed by atoms with Crippen LogP contribution < -0.4 is 4.74 Å². The number of unbranched alkanes of at least 4 members (excludes halogenated alkanes) is 1. The Morgan fingerprint density at radius 1 is 1.25 bits per heavy atom. The minimum Gasteiger partial charge on any atom is -0.497 e. The van der Waals surface area contributed by atoms with Gasteiger partial charge in [-0.05, 0) is 73.9 Å². The molecule has 5 nitrogen and oxygen atoms in total. The lowest BCUT2D eigenvalue weighted by Crippen LogP contribution is -2.46. The number of methoxy groups -OCH3 is 2. The van der Waals surface area contributed by atoms with Crippen LogP contribution in [-0.2, 0) is 15.1 Å². The Kier molecular flexibility index (Phi) is 8.26. The molecular formula is C26H34FNO4. The fourth-order valence-corrected chi connectivity index (χ4v) is 4.88. The van der Waals surface area contributed by atoms with E-state index in [0.717, 1.165) is 37.7 Å². The zero-order valence-corrected chi connectivity index (χ0v) is 19.3. The van der Waals surface area contributed by atoms with Crippen LogP contribution in [0.25, 0.3) is 11.1 Å². The summed E-state index contributed by atoms with van der Waals surface area (Å²) in [4.78, 5) is 13.2. The van der Waals surface area contributed by atoms with E-state index in [1.807, 2.05) is 25.1 Å². The molecule has 1 saturated heterocycles. The molecule has 0 unspecified atom stereocenters. The Labute approximate surface area is 190 Å². The zero-order valence-electron chi connectivity index (χ0n) is 19.3. The van der Waals surface area contributed by atoms with E-state index in [2.05, 4.69) is 0 Å². The fourth-order valence-electron chi connectivity index (χ4n) is 4.88. The lowest BCUT2D eigenvalue weighted by molar-refractivity contribution is -0.123. The van der Waals surface area contributed by atoms with E-state index in [1.54, 1.807) is 31.3 Å². The molecule has 2 atom stereocenters. The minimum absolute atomic E-state index is 0.184. The van der Waals surface area contributed by atoms with Crippen LogP contribution in [0.5, 0.6) is 5.75 Å². The molecule has 0 aliphatic carbocycles. The first kappa shape index (κ1) is 24.2. The summed E-state index contributed by atoms with van der Waals surface area (Å²) in [7, 11) is 3.24. The lowest BCUT2D eigenvalue weighted by atomic mass is 9.72. The number of hydrogen-bond acceptors (Lipinski definition) is 4. The number of aliphatic hydroxyl groups is 1. The maximum atomic E-state index is 15.3. The van der Waals surface area contributed by atoms with Gasteiger partial charge in [0.25, 0.3) is 0 Å². The number of nitrogens with zero attached hydrogens (tertiary/aromatic N) is 1. The minimum atomic E-state index is -1.27. The summed E-state index contributed by atoms with van der Waals surface area (Å²) in [6.07, 6.45) is 4.42. The van der Waals surface area contributed by atoms with Gasteiger partial charge in [-0.15, -0.1) is 0 Å². The third-order valence-electron chi connectivity index (χ3n) is 6.49. The van der Waals surface area contributed by atoms with Gasteiger partial charge >= 0.3 is 0 Å². The molecule has 1 aliphatic rings. The predicted octanol–water partition coefficient (Wildman–Crippen LogP) is 4.68. The molecule has 0 radical (unpaired) electrons. The molecule has 1 aliphatic heterocycles. The van der Waals surface area contributed by atoms with Crippen LogP contribution in [-0.4, -0.2) is 50.3 Å². The predicted molar refractivity (Wildman–Crippen MR) is 123 cm³/mol. The molecule has 3 rings (SSSR count). The van der Waals surface area contributed by atoms with Gasteiger partial charge in [0.05, 0.1) is 12.7 Å². The van der Waals surface area contributed by atoms with E-state index in [4.69, 9.17) is 9.47 Å². The molecule has 0 saturated carbocycles. The molecule has 32 heavy (non-hydrogen) atoms. The van der Waals surface area contributed by atoms with Crippen molar-refractivity contribution in [2.75, 3.05) is 33.9 Å². The van der Waals surface area contributed by atoms with Crippen molar-refractivity contribution < 1.29 is 23.8 Å². The van der Waals surface area contributed by atoms with Crippen molar-refractivity contribution in [1.82, 2.24) is 4.90 Å². The largest absolute Gasteiger partial charge is 0.497 e. The second-order valence-electron chi connectivity index (χ2n) is 8.71. The second-order valence-corrected chi connectivity index (χ2v) is 8.71. The topological polar surface area (TPSA) is 59.0 Å². The fraction of sp³-hybridized carbons (Fsp3) is 0.500. The highest BCUT2D eigenvalue weighted by Crippen LogP contribution is 2.44. The van der Waals surface area contributed by atoms with Gasteiger partial charge in [0.2, 0.25) is 6.41 Å². The molecule has 174 valence electrons. The monoisotopic (exact) mass is 443 g/mol. The number of halogens is 1. The Hall–Kier alpha value is -2.44. The average molecular weight is 444 g/mol. The number of amides is 1. The molecular weight excluding hydrogens is 409 g/mol. The van der Waals surface area contributed by atoms with Crippen molar-refractivity contribution in [2.45, 2.75) is 44.6 Å². The normalized spacial score (nSPS) is 18.3. The molecule has 2 aromatic carbocycles. The van der Waals surface area contributed by atoms with Gasteiger partial charge in [-0.25, -0.2) is 4.39 Å². The number of carbonyl (C=O) groups excluding carboxylic acids is 1. The Morgan fingerprint density at radius 2 is 2.06 bits per heavy atom. The highest BCUT2D eigenvalue weighted by molar-refractivity contribution is 5.71. The molecule has 1 N–H and O–H groups in total. The number of piperidine rings is 1. The van der Waals surface area contributed by atoms with Crippen LogP contribution in [0.15, 0.2) is 36.4 Å². The first-order valence-electron chi connectivity index (χ1n) is 11.3. The number of hydrogen-bond donors (Lipinski definition) is 1. The smallest absolute Gasteiger partial charge is 0.209 e. The first-order valence-corrected chi connectivity index (χ1v) is 11.3. The number of benzene rings is 2. The van der Waals surface area contributed by atoms with Gasteiger partial charge in [0.15, 0.2) is 0 Å². The standard InChI is InChI=1S/C26H34FNO4/c1-19-14-20(16-22(15-19)32-3)25-23(9-6-10-24(25)27)26(30,11-4-5-13-31-2)21-8-7-12-28(17-21)18-29/h6,9-10,14-16,18,21,30H,4-5,7-8,11-13,17H2,1-3H3/t21-,26+/m1/s1. The Bertz CT molecular complexity index is 919. The van der Waals surface area contributed by atoms with Crippen LogP contribution in [0.1, 0.15) is 43.2 Å². The zero-order chi connectivity index (χ0) is 23.1. The highest BCUT2D eigenvalue weighted by Gasteiger charge is 2.42. The molecule has 6 heteroatoms. The number of carbonyl (C=O) groups is 1. The summed E-state index contributed by atoms with van der Waals surface area (Å²) in [5.74, 6) is 0.0763. The molecule has 0 bridgehead atoms. The SMILES string of the molecule is COCCCC[C@@](O)(c1cccc(F)c1-c1cc(C)cc(OC)c1)[C@@H]1CCCN(C=O)C1. The number of ether oxygens (including phenoxy) is 2. The average Bonchev–Trinajstić information content (AvgIpc) is 2.81. The summed E-state index contributed by atoms with van der Waals surface area (Å²) in [5, 5.41) is 12.2. The summed E-state index contributed by atoms with van der Waals surface area (Å²) in [5.41, 5.74) is 1.31. The van der Waals surface area contributed by atoms with E-state index in [-0.39, 0.29) is 11.7 Å². The maximum absolute atomic E-state index is 15.3. The quantitative estimate of drug-likeness (QED) is 0.428. The molecule has 0 aromatic heterocycles. The van der Waals surface area contributed by atoms with Crippen LogP contribution >= 0.6 is 0 Å². The van der Waals surface area contributed by atoms with Crippen molar-refractivity contribution in [3.8, 4) is 16.9 Å². The summed E-state index contributed by atoms with van der Waals surface area (Å²) >= 11 is 0. The molecule has 1 fully saturated rings. The van der Waals surface area contributed by atoms with Gasteiger partial charge in [0, 0.05) is 38.3 Å². The third-order valence-corrected chi connectivity index (χ3v) is 6.49. The van der Waals surface area contributed by atoms with Gasteiger partial charge < -0.3 is 19.5 Å². The van der Waals surface area contributed by atoms with Gasteiger partial charge in [0.1, 0.15) is 11.6 Å². The summed E-state index contributed by atoms with van der Waals surface area (Å²) < 4.78 is 25.9. The molecule has 2 aromatic rings. The van der Waals surface area contributed by atoms with Gasteiger partial charge in [-0.2, -0.15) is 0 Å². The van der Waals surface area contributed by atoms with Crippen LogP contribution in [0.4, 0.5) is 4.39 Å². The van der Waals surface area contributed by atoms with Crippen LogP contribution in [0, 0.1) is 18.7 Å². The summed E-state index contributed by atoms with van der Waals surface area (Å²) in [6.45, 7) is 3.68. The highest BCUT2D eigenvalue weighted by atomic mass is 19.1. The lowest BCUT2D eigenvalue weighted by Gasteiger charge is -2.43. The van der Waals surface area contributed by atoms with E-state index in [0.29, 0.717) is 48.6 Å². The van der Waals surface area contributed by atoms with Crippen LogP contribution in [0.3, 0.4) is 0 Å². The molecule has 1 amide bonds. The van der Waals surface area contributed by atoms with E-state index < -0.39 is 5.60 Å². The maximum Gasteiger partial charge on any atom is 0.209 e. The van der Waals surface area contributed by atoms with Crippen molar-refractivity contribution in [3.63, 3.8) is 0 Å². The van der Waals surface area contributed by atoms with Gasteiger partial charge in [-0.3, -0.25) is 4.79 Å². The van der Waals surface area contributed by atoms with Crippen molar-refractivity contribution in [1.29, 1.82) is 0 Å². The van der Waals surface area contributed by atoms with Crippen molar-refractivity contribution in [3.05, 3.63) is 53.3 Å². The first-order chi connectivity index (χ1) is 15.4. The van der Waals surface area contributed by atoms with Crippen molar-refractivity contribution in [2.24, 2.45) is 5.92 Å². The Balaban J connectivity index is 2.11. The number of likely N-dealkylation sites (tertiary alicyclic amines) is 1. The number of rotatable bonds is 10. The summed E-state index contributed by atoms with van der Waals surface area (Å²) in [6, 6.07) is 10.5. The van der Waals surface area contributed by atoms with E-state index in [1.165, 1.54) is 6.07 Å². The molecule has 1 heterocycles. The Morgan fingerprint density at radius 3 is 2.78 bits per heavy atom. The number of aryl methyl sites for hydroxylation is 1. The van der Waals surface area contributed by atoms with Crippen LogP contribution in [0.2, 0.25) is 0 Å². The molecule has 0 spiro atoms. The second kappa shape index (κ2) is 10.9. The van der Waals surface area contributed by atoms with Crippen molar-refractivity contribution >= 4 is 6.41 Å². The van der Waals surface area contributed by atoms with Gasteiger partial charge in [-0.1, -0.05) is 18.2 Å². The third kappa shape index (κ3) is 5.30. The van der Waals surface area contributed by atoms with E-state index in [9.17, 15) is 9.90 Å².